The van der Waals surface area contributed by atoms with Crippen LogP contribution >= 0.6 is 0 Å². The average molecular weight is 113 g/mol. The van der Waals surface area contributed by atoms with E-state index >= 15 is 0 Å². The summed E-state index contributed by atoms with van der Waals surface area (Å²) in [6.07, 6.45) is 0.944. The molecule has 0 rings (SSSR count). The van der Waals surface area contributed by atoms with Crippen LogP contribution in [0.3, 0.4) is 0 Å². The van der Waals surface area contributed by atoms with Gasteiger partial charge in [0.2, 0.25) is 0 Å². The van der Waals surface area contributed by atoms with Crippen molar-refractivity contribution in [2.24, 2.45) is 11.5 Å². The summed E-state index contributed by atoms with van der Waals surface area (Å²) in [5.41, 5.74) is 10.1. The third-order valence-electron chi connectivity index (χ3n) is 0.408. The molecule has 0 amide bonds. The maximum Gasteiger partial charge on any atom is 1.00 e. The summed E-state index contributed by atoms with van der Waals surface area (Å²) in [5.74, 6) is 0. The molecule has 0 aromatic carbocycles. The van der Waals surface area contributed by atoms with Crippen molar-refractivity contribution < 1.29 is 51.4 Å². The first-order valence-electron chi connectivity index (χ1n) is 1.82. The normalized spacial score (nSPS) is 7.00. The van der Waals surface area contributed by atoms with E-state index in [0.717, 1.165) is 19.5 Å². The Bertz CT molecular complexity index is 16.3. The molecule has 0 aromatic heterocycles. The molecule has 0 saturated heterocycles. The Hall–Kier alpha value is 1.56. The summed E-state index contributed by atoms with van der Waals surface area (Å²) in [4.78, 5) is 0. The quantitative estimate of drug-likeness (QED) is 0.362. The van der Waals surface area contributed by atoms with Gasteiger partial charge in [0.05, 0.1) is 0 Å². The maximum atomic E-state index is 5.06. The monoisotopic (exact) mass is 113 g/mol. The second-order valence-corrected chi connectivity index (χ2v) is 0.931. The van der Waals surface area contributed by atoms with E-state index in [1.807, 2.05) is 0 Å². The number of hydrogen-bond donors (Lipinski definition) is 2. The SMILES string of the molecule is NCCCN.[K+]. The Labute approximate surface area is 81.1 Å². The van der Waals surface area contributed by atoms with Crippen molar-refractivity contribution in [3.8, 4) is 0 Å². The first-order valence-corrected chi connectivity index (χ1v) is 1.82. The summed E-state index contributed by atoms with van der Waals surface area (Å²) < 4.78 is 0. The number of nitrogens with two attached hydrogens (primary N) is 2. The Balaban J connectivity index is 0. The van der Waals surface area contributed by atoms with E-state index in [2.05, 4.69) is 0 Å². The maximum absolute atomic E-state index is 5.06. The second kappa shape index (κ2) is 9.75. The topological polar surface area (TPSA) is 52.0 Å². The first-order chi connectivity index (χ1) is 2.41. The summed E-state index contributed by atoms with van der Waals surface area (Å²) >= 11 is 0. The van der Waals surface area contributed by atoms with Gasteiger partial charge in [-0.3, -0.25) is 0 Å². The van der Waals surface area contributed by atoms with E-state index in [-0.39, 0.29) is 51.4 Å². The summed E-state index contributed by atoms with van der Waals surface area (Å²) in [6, 6.07) is 0. The molecule has 2 nitrogen and oxygen atoms in total. The van der Waals surface area contributed by atoms with Crippen molar-refractivity contribution in [3.63, 3.8) is 0 Å². The molecule has 0 bridgehead atoms. The van der Waals surface area contributed by atoms with Crippen molar-refractivity contribution in [3.05, 3.63) is 0 Å². The molecule has 3 heteroatoms. The first kappa shape index (κ1) is 10.5. The van der Waals surface area contributed by atoms with Crippen LogP contribution in [0.5, 0.6) is 0 Å². The van der Waals surface area contributed by atoms with Crippen molar-refractivity contribution in [2.45, 2.75) is 6.42 Å². The van der Waals surface area contributed by atoms with Crippen LogP contribution in [0.15, 0.2) is 0 Å². The third-order valence-corrected chi connectivity index (χ3v) is 0.408. The predicted octanol–water partition coefficient (Wildman–Crippen LogP) is -3.70. The molecule has 0 spiro atoms. The third kappa shape index (κ3) is 9.12. The van der Waals surface area contributed by atoms with Gasteiger partial charge >= 0.3 is 51.4 Å². The standard InChI is InChI=1S/C3H10N2.K/c4-2-1-3-5;/h1-5H2;/q;+1. The van der Waals surface area contributed by atoms with Gasteiger partial charge in [0.25, 0.3) is 0 Å². The zero-order chi connectivity index (χ0) is 4.12. The van der Waals surface area contributed by atoms with Gasteiger partial charge in [-0.05, 0) is 19.5 Å². The molecule has 0 atom stereocenters. The summed E-state index contributed by atoms with van der Waals surface area (Å²) in [6.45, 7) is 1.44. The Morgan fingerprint density at radius 1 is 1.00 bits per heavy atom. The molecule has 0 unspecified atom stereocenters. The van der Waals surface area contributed by atoms with E-state index in [0.29, 0.717) is 0 Å². The summed E-state index contributed by atoms with van der Waals surface area (Å²) in [5, 5.41) is 0. The van der Waals surface area contributed by atoms with Gasteiger partial charge in [0, 0.05) is 0 Å². The molecule has 32 valence electrons. The molecule has 0 saturated carbocycles. The van der Waals surface area contributed by atoms with Crippen LogP contribution in [0.25, 0.3) is 0 Å². The molecular weight excluding hydrogens is 103 g/mol. The van der Waals surface area contributed by atoms with Crippen molar-refractivity contribution in [2.75, 3.05) is 13.1 Å². The number of hydrogen-bond acceptors (Lipinski definition) is 2. The van der Waals surface area contributed by atoms with Gasteiger partial charge in [-0.1, -0.05) is 0 Å². The van der Waals surface area contributed by atoms with Crippen LogP contribution in [-0.2, 0) is 0 Å². The van der Waals surface area contributed by atoms with E-state index in [1.165, 1.54) is 0 Å². The fourth-order valence-electron chi connectivity index (χ4n) is 0.118. The fraction of sp³-hybridized carbons (Fsp3) is 1.00. The van der Waals surface area contributed by atoms with Gasteiger partial charge < -0.3 is 11.5 Å². The van der Waals surface area contributed by atoms with Crippen molar-refractivity contribution >= 4 is 0 Å². The Morgan fingerprint density at radius 2 is 1.33 bits per heavy atom. The minimum absolute atomic E-state index is 0. The zero-order valence-corrected chi connectivity index (χ0v) is 7.40. The molecule has 6 heavy (non-hydrogen) atoms. The number of rotatable bonds is 2. The molecule has 0 aliphatic rings. The molecule has 0 aromatic rings. The van der Waals surface area contributed by atoms with Crippen molar-refractivity contribution in [1.82, 2.24) is 0 Å². The van der Waals surface area contributed by atoms with Gasteiger partial charge in [0.1, 0.15) is 0 Å². The van der Waals surface area contributed by atoms with E-state index in [9.17, 15) is 0 Å². The van der Waals surface area contributed by atoms with E-state index in [1.54, 1.807) is 0 Å². The smallest absolute Gasteiger partial charge is 0.330 e. The van der Waals surface area contributed by atoms with Crippen LogP contribution in [-0.4, -0.2) is 13.1 Å². The van der Waals surface area contributed by atoms with Gasteiger partial charge in [-0.2, -0.15) is 0 Å². The van der Waals surface area contributed by atoms with Gasteiger partial charge in [0.15, 0.2) is 0 Å². The van der Waals surface area contributed by atoms with E-state index < -0.39 is 0 Å². The van der Waals surface area contributed by atoms with E-state index in [4.69, 9.17) is 11.5 Å². The Kier molecular flexibility index (Phi) is 17.1. The second-order valence-electron chi connectivity index (χ2n) is 0.931. The minimum atomic E-state index is 0. The van der Waals surface area contributed by atoms with Gasteiger partial charge in [-0.15, -0.1) is 0 Å². The largest absolute Gasteiger partial charge is 1.00 e. The minimum Gasteiger partial charge on any atom is -0.330 e. The van der Waals surface area contributed by atoms with Crippen LogP contribution < -0.4 is 62.9 Å². The summed E-state index contributed by atoms with van der Waals surface area (Å²) in [7, 11) is 0. The van der Waals surface area contributed by atoms with Crippen LogP contribution in [0.1, 0.15) is 6.42 Å². The van der Waals surface area contributed by atoms with Crippen LogP contribution in [0, 0.1) is 0 Å². The molecule has 0 aliphatic heterocycles. The van der Waals surface area contributed by atoms with Gasteiger partial charge in [-0.25, -0.2) is 0 Å². The molecule has 0 fully saturated rings. The fourth-order valence-corrected chi connectivity index (χ4v) is 0.118. The average Bonchev–Trinajstić information content (AvgIpc) is 1.41. The Morgan fingerprint density at radius 3 is 1.33 bits per heavy atom. The molecular formula is C3H10KN2+. The molecule has 4 N–H and O–H groups in total. The molecule has 0 heterocycles. The van der Waals surface area contributed by atoms with Crippen LogP contribution in [0.2, 0.25) is 0 Å². The zero-order valence-electron chi connectivity index (χ0n) is 4.28. The van der Waals surface area contributed by atoms with Crippen LogP contribution in [0.4, 0.5) is 0 Å². The predicted molar refractivity (Wildman–Crippen MR) is 22.7 cm³/mol. The van der Waals surface area contributed by atoms with Crippen molar-refractivity contribution in [1.29, 1.82) is 0 Å². The molecule has 0 aliphatic carbocycles. The molecule has 0 radical (unpaired) electrons.